The van der Waals surface area contributed by atoms with Gasteiger partial charge in [-0.2, -0.15) is 0 Å². The van der Waals surface area contributed by atoms with Gasteiger partial charge in [0.1, 0.15) is 12.4 Å². The highest BCUT2D eigenvalue weighted by Gasteiger charge is 2.24. The first kappa shape index (κ1) is 23.1. The van der Waals surface area contributed by atoms with Crippen molar-refractivity contribution in [3.05, 3.63) is 47.5 Å². The summed E-state index contributed by atoms with van der Waals surface area (Å²) >= 11 is 0. The van der Waals surface area contributed by atoms with E-state index in [0.717, 1.165) is 18.1 Å². The van der Waals surface area contributed by atoms with Crippen molar-refractivity contribution >= 4 is 35.8 Å². The Morgan fingerprint density at radius 1 is 1.28 bits per heavy atom. The highest BCUT2D eigenvalue weighted by molar-refractivity contribution is 14.0. The Hall–Kier alpha value is -2.17. The fourth-order valence-corrected chi connectivity index (χ4v) is 3.22. The molecule has 1 amide bonds. The van der Waals surface area contributed by atoms with Gasteiger partial charge in [-0.05, 0) is 25.8 Å². The molecule has 2 aromatic rings. The van der Waals surface area contributed by atoms with Gasteiger partial charge in [-0.15, -0.1) is 34.2 Å². The monoisotopic (exact) mass is 511 g/mol. The lowest BCUT2D eigenvalue weighted by Gasteiger charge is -2.32. The minimum atomic E-state index is 0. The molecule has 1 aliphatic heterocycles. The van der Waals surface area contributed by atoms with Crippen molar-refractivity contribution in [1.29, 1.82) is 0 Å². The summed E-state index contributed by atoms with van der Waals surface area (Å²) in [5.41, 5.74) is 1.18. The van der Waals surface area contributed by atoms with Gasteiger partial charge in [0.15, 0.2) is 11.8 Å². The summed E-state index contributed by atoms with van der Waals surface area (Å²) in [5, 5.41) is 15.3. The Balaban J connectivity index is 0.00000300. The molecule has 0 saturated carbocycles. The first-order valence-corrected chi connectivity index (χ1v) is 9.65. The van der Waals surface area contributed by atoms with Crippen LogP contribution in [0.1, 0.15) is 43.0 Å². The van der Waals surface area contributed by atoms with Crippen LogP contribution < -0.4 is 10.6 Å². The van der Waals surface area contributed by atoms with Gasteiger partial charge in [-0.25, -0.2) is 4.99 Å². The number of carbonyl (C=O) groups excluding carboxylic acids is 1. The topological polar surface area (TPSA) is 87.4 Å². The summed E-state index contributed by atoms with van der Waals surface area (Å²) in [7, 11) is 3.78. The third kappa shape index (κ3) is 6.15. The number of aryl methyl sites for hydroxylation is 1. The normalized spacial score (nSPS) is 18.2. The van der Waals surface area contributed by atoms with Crippen LogP contribution in [0.5, 0.6) is 0 Å². The molecule has 1 aromatic heterocycles. The lowest BCUT2D eigenvalue weighted by molar-refractivity contribution is -0.132. The number of likely N-dealkylation sites (N-methyl/N-ethyl adjacent to an activating group) is 1. The van der Waals surface area contributed by atoms with E-state index in [4.69, 9.17) is 4.99 Å². The quantitative estimate of drug-likeness (QED) is 0.365. The van der Waals surface area contributed by atoms with Crippen LogP contribution in [0.15, 0.2) is 35.3 Å². The predicted octanol–water partition coefficient (Wildman–Crippen LogP) is 2.16. The molecule has 0 spiro atoms. The molecule has 2 N–H and O–H groups in total. The van der Waals surface area contributed by atoms with Crippen molar-refractivity contribution in [2.24, 2.45) is 12.0 Å². The van der Waals surface area contributed by atoms with Gasteiger partial charge in [-0.3, -0.25) is 4.79 Å². The minimum absolute atomic E-state index is 0. The molecule has 2 atom stereocenters. The van der Waals surface area contributed by atoms with Crippen molar-refractivity contribution in [2.75, 3.05) is 13.6 Å². The van der Waals surface area contributed by atoms with Crippen LogP contribution in [0.3, 0.4) is 0 Å². The van der Waals surface area contributed by atoms with E-state index in [1.165, 1.54) is 5.56 Å². The standard InChI is InChI=1S/C20H29N7O.HI/c1-14(16-8-6-5-7-9-16)22-20(21-12-18-25-24-15(2)27(18)4)23-17-10-11-19(28)26(3)13-17;/h5-9,14,17H,10-13H2,1-4H3,(H2,21,22,23);1H. The molecule has 0 radical (unpaired) electrons. The molecule has 1 fully saturated rings. The largest absolute Gasteiger partial charge is 0.352 e. The van der Waals surface area contributed by atoms with Crippen LogP contribution in [-0.4, -0.2) is 51.2 Å². The highest BCUT2D eigenvalue weighted by atomic mass is 127. The predicted molar refractivity (Wildman–Crippen MR) is 124 cm³/mol. The Morgan fingerprint density at radius 3 is 2.62 bits per heavy atom. The highest BCUT2D eigenvalue weighted by Crippen LogP contribution is 2.13. The summed E-state index contributed by atoms with van der Waals surface area (Å²) in [6.07, 6.45) is 1.35. The van der Waals surface area contributed by atoms with Gasteiger partial charge in [0, 0.05) is 33.1 Å². The molecule has 2 heterocycles. The third-order valence-corrected chi connectivity index (χ3v) is 5.18. The van der Waals surface area contributed by atoms with Crippen molar-refractivity contribution in [3.8, 4) is 0 Å². The number of carbonyl (C=O) groups is 1. The maximum absolute atomic E-state index is 11.8. The molecule has 1 aliphatic rings. The molecule has 29 heavy (non-hydrogen) atoms. The fourth-order valence-electron chi connectivity index (χ4n) is 3.22. The molecular formula is C20H30IN7O. The van der Waals surface area contributed by atoms with Gasteiger partial charge in [0.2, 0.25) is 5.91 Å². The van der Waals surface area contributed by atoms with Crippen LogP contribution in [0.25, 0.3) is 0 Å². The van der Waals surface area contributed by atoms with Crippen LogP contribution in [0, 0.1) is 6.92 Å². The van der Waals surface area contributed by atoms with Crippen molar-refractivity contribution < 1.29 is 4.79 Å². The molecule has 158 valence electrons. The van der Waals surface area contributed by atoms with Gasteiger partial charge < -0.3 is 20.1 Å². The second-order valence-corrected chi connectivity index (χ2v) is 7.32. The number of guanidine groups is 1. The average Bonchev–Trinajstić information content (AvgIpc) is 3.01. The number of nitrogens with zero attached hydrogens (tertiary/aromatic N) is 5. The summed E-state index contributed by atoms with van der Waals surface area (Å²) in [4.78, 5) is 18.3. The van der Waals surface area contributed by atoms with E-state index >= 15 is 0 Å². The molecule has 0 aliphatic carbocycles. The summed E-state index contributed by atoms with van der Waals surface area (Å²) in [6.45, 7) is 5.12. The van der Waals surface area contributed by atoms with Crippen LogP contribution >= 0.6 is 24.0 Å². The number of benzene rings is 1. The Labute approximate surface area is 189 Å². The SMILES string of the molecule is Cc1nnc(CN=C(NC2CCC(=O)N(C)C2)NC(C)c2ccccc2)n1C.I. The van der Waals surface area contributed by atoms with Crippen molar-refractivity contribution in [3.63, 3.8) is 0 Å². The van der Waals surface area contributed by atoms with Gasteiger partial charge in [0.05, 0.1) is 6.04 Å². The summed E-state index contributed by atoms with van der Waals surface area (Å²) in [5.74, 6) is 2.57. The van der Waals surface area contributed by atoms with E-state index in [1.807, 2.05) is 43.8 Å². The van der Waals surface area contributed by atoms with Crippen LogP contribution in [-0.2, 0) is 18.4 Å². The minimum Gasteiger partial charge on any atom is -0.352 e. The van der Waals surface area contributed by atoms with Gasteiger partial charge in [0.25, 0.3) is 0 Å². The van der Waals surface area contributed by atoms with Gasteiger partial charge >= 0.3 is 0 Å². The van der Waals surface area contributed by atoms with Crippen LogP contribution in [0.2, 0.25) is 0 Å². The average molecular weight is 511 g/mol. The smallest absolute Gasteiger partial charge is 0.222 e. The molecule has 2 unspecified atom stereocenters. The first-order chi connectivity index (χ1) is 13.4. The molecule has 1 saturated heterocycles. The molecule has 3 rings (SSSR count). The summed E-state index contributed by atoms with van der Waals surface area (Å²) in [6, 6.07) is 10.5. The second kappa shape index (κ2) is 10.6. The van der Waals surface area contributed by atoms with E-state index in [-0.39, 0.29) is 42.0 Å². The van der Waals surface area contributed by atoms with E-state index in [1.54, 1.807) is 4.90 Å². The molecule has 8 nitrogen and oxygen atoms in total. The lowest BCUT2D eigenvalue weighted by Crippen LogP contribution is -2.52. The number of nitrogens with one attached hydrogen (secondary N) is 2. The van der Waals surface area contributed by atoms with Crippen molar-refractivity contribution in [2.45, 2.75) is 45.3 Å². The maximum Gasteiger partial charge on any atom is 0.222 e. The first-order valence-electron chi connectivity index (χ1n) is 9.65. The zero-order chi connectivity index (χ0) is 20.1. The van der Waals surface area contributed by atoms with E-state index < -0.39 is 0 Å². The Bertz CT molecular complexity index is 837. The van der Waals surface area contributed by atoms with Gasteiger partial charge in [-0.1, -0.05) is 30.3 Å². The third-order valence-electron chi connectivity index (χ3n) is 5.18. The molecule has 9 heteroatoms. The zero-order valence-corrected chi connectivity index (χ0v) is 19.8. The Kier molecular flexibility index (Phi) is 8.42. The molecular weight excluding hydrogens is 481 g/mol. The molecule has 1 aromatic carbocycles. The number of halogens is 1. The summed E-state index contributed by atoms with van der Waals surface area (Å²) < 4.78 is 1.94. The van der Waals surface area contributed by atoms with Crippen molar-refractivity contribution in [1.82, 2.24) is 30.3 Å². The zero-order valence-electron chi connectivity index (χ0n) is 17.4. The van der Waals surface area contributed by atoms with E-state index in [2.05, 4.69) is 39.9 Å². The second-order valence-electron chi connectivity index (χ2n) is 7.32. The molecule has 0 bridgehead atoms. The fraction of sp³-hybridized carbons (Fsp3) is 0.500. The maximum atomic E-state index is 11.8. The van der Waals surface area contributed by atoms with Crippen LogP contribution in [0.4, 0.5) is 0 Å². The Morgan fingerprint density at radius 2 is 2.00 bits per heavy atom. The number of hydrogen-bond acceptors (Lipinski definition) is 4. The van der Waals surface area contributed by atoms with E-state index in [9.17, 15) is 4.79 Å². The van der Waals surface area contributed by atoms with E-state index in [0.29, 0.717) is 25.5 Å². The number of amides is 1. The number of hydrogen-bond donors (Lipinski definition) is 2. The number of aliphatic imine (C=N–C) groups is 1. The number of likely N-dealkylation sites (tertiary alicyclic amines) is 1. The number of piperidine rings is 1. The number of aromatic nitrogens is 3. The lowest BCUT2D eigenvalue weighted by atomic mass is 10.1. The number of rotatable bonds is 5.